The van der Waals surface area contributed by atoms with Gasteiger partial charge in [0.2, 0.25) is 0 Å². The Hall–Kier alpha value is -1.23. The quantitative estimate of drug-likeness (QED) is 0.644. The highest BCUT2D eigenvalue weighted by atomic mass is 32.1. The first-order valence-electron chi connectivity index (χ1n) is 5.63. The molecule has 0 aliphatic heterocycles. The first kappa shape index (κ1) is 12.2. The normalized spacial score (nSPS) is 12.6. The fraction of sp³-hybridized carbons (Fsp3) is 0.308. The molecule has 0 spiro atoms. The maximum Gasteiger partial charge on any atom is 0.0897 e. The average Bonchev–Trinajstić information content (AvgIpc) is 2.73. The zero-order valence-electron chi connectivity index (χ0n) is 10.1. The van der Waals surface area contributed by atoms with Crippen LogP contribution in [0, 0.1) is 13.8 Å². The fourth-order valence-electron chi connectivity index (χ4n) is 1.86. The van der Waals surface area contributed by atoms with Crippen molar-refractivity contribution in [3.05, 3.63) is 51.5 Å². The zero-order valence-corrected chi connectivity index (χ0v) is 10.9. The molecular weight excluding hydrogens is 230 g/mol. The molecule has 0 amide bonds. The third-order valence-electron chi connectivity index (χ3n) is 2.71. The third-order valence-corrected chi connectivity index (χ3v) is 3.73. The van der Waals surface area contributed by atoms with Crippen molar-refractivity contribution in [2.24, 2.45) is 5.84 Å². The molecule has 0 bridgehead atoms. The van der Waals surface area contributed by atoms with E-state index in [0.29, 0.717) is 0 Å². The average molecular weight is 247 g/mol. The summed E-state index contributed by atoms with van der Waals surface area (Å²) in [5, 5.41) is 1.07. The minimum absolute atomic E-state index is 0.142. The smallest absolute Gasteiger partial charge is 0.0897 e. The maximum absolute atomic E-state index is 5.63. The van der Waals surface area contributed by atoms with Crippen LogP contribution in [0.15, 0.2) is 30.5 Å². The Bertz CT molecular complexity index is 493. The monoisotopic (exact) mass is 247 g/mol. The molecule has 1 aromatic carbocycles. The molecular formula is C13H17N3S. The van der Waals surface area contributed by atoms with Gasteiger partial charge in [-0.1, -0.05) is 29.8 Å². The van der Waals surface area contributed by atoms with E-state index in [4.69, 9.17) is 5.84 Å². The molecule has 1 heterocycles. The lowest BCUT2D eigenvalue weighted by molar-refractivity contribution is 0.559. The van der Waals surface area contributed by atoms with E-state index in [2.05, 4.69) is 41.6 Å². The van der Waals surface area contributed by atoms with Crippen molar-refractivity contribution in [2.45, 2.75) is 26.3 Å². The third kappa shape index (κ3) is 3.12. The van der Waals surface area contributed by atoms with Crippen LogP contribution in [-0.4, -0.2) is 4.98 Å². The molecule has 0 aliphatic carbocycles. The van der Waals surface area contributed by atoms with Crippen molar-refractivity contribution >= 4 is 11.3 Å². The first-order valence-corrected chi connectivity index (χ1v) is 6.44. The van der Waals surface area contributed by atoms with Gasteiger partial charge in [-0.25, -0.2) is 4.98 Å². The molecule has 4 heteroatoms. The molecule has 1 atom stereocenters. The van der Waals surface area contributed by atoms with Gasteiger partial charge < -0.3 is 0 Å². The van der Waals surface area contributed by atoms with Crippen LogP contribution in [0.2, 0.25) is 0 Å². The lowest BCUT2D eigenvalue weighted by Crippen LogP contribution is -2.28. The van der Waals surface area contributed by atoms with Gasteiger partial charge in [0.1, 0.15) is 0 Å². The van der Waals surface area contributed by atoms with Crippen LogP contribution >= 0.6 is 11.3 Å². The first-order chi connectivity index (χ1) is 8.19. The van der Waals surface area contributed by atoms with Crippen molar-refractivity contribution in [1.29, 1.82) is 0 Å². The molecule has 2 rings (SSSR count). The second kappa shape index (κ2) is 5.40. The molecule has 0 fully saturated rings. The predicted molar refractivity (Wildman–Crippen MR) is 71.8 cm³/mol. The number of rotatable bonds is 4. The van der Waals surface area contributed by atoms with E-state index in [1.165, 1.54) is 16.0 Å². The molecule has 17 heavy (non-hydrogen) atoms. The number of aryl methyl sites for hydroxylation is 2. The highest BCUT2D eigenvalue weighted by Crippen LogP contribution is 2.23. The Morgan fingerprint density at radius 2 is 2.24 bits per heavy atom. The van der Waals surface area contributed by atoms with Crippen LogP contribution in [0.3, 0.4) is 0 Å². The van der Waals surface area contributed by atoms with Crippen molar-refractivity contribution < 1.29 is 0 Å². The number of hydrazine groups is 1. The summed E-state index contributed by atoms with van der Waals surface area (Å²) in [7, 11) is 0. The van der Waals surface area contributed by atoms with Gasteiger partial charge in [0.15, 0.2) is 0 Å². The lowest BCUT2D eigenvalue weighted by atomic mass is 10.0. The summed E-state index contributed by atoms with van der Waals surface area (Å²) in [5.74, 6) is 5.63. The van der Waals surface area contributed by atoms with Gasteiger partial charge in [-0.3, -0.25) is 11.3 Å². The number of benzene rings is 1. The summed E-state index contributed by atoms with van der Waals surface area (Å²) >= 11 is 1.69. The highest BCUT2D eigenvalue weighted by Gasteiger charge is 2.13. The Labute approximate surface area is 106 Å². The highest BCUT2D eigenvalue weighted by molar-refractivity contribution is 7.11. The SMILES string of the molecule is Cc1cccc(CC(NN)c2cnc(C)s2)c1. The molecule has 0 saturated carbocycles. The van der Waals surface area contributed by atoms with Gasteiger partial charge >= 0.3 is 0 Å². The van der Waals surface area contributed by atoms with E-state index >= 15 is 0 Å². The van der Waals surface area contributed by atoms with Crippen LogP contribution in [0.5, 0.6) is 0 Å². The molecule has 1 unspecified atom stereocenters. The number of nitrogens with one attached hydrogen (secondary N) is 1. The zero-order chi connectivity index (χ0) is 12.3. The van der Waals surface area contributed by atoms with Crippen LogP contribution in [-0.2, 0) is 6.42 Å². The van der Waals surface area contributed by atoms with Crippen LogP contribution < -0.4 is 11.3 Å². The van der Waals surface area contributed by atoms with E-state index in [9.17, 15) is 0 Å². The van der Waals surface area contributed by atoms with Gasteiger partial charge in [0, 0.05) is 11.1 Å². The van der Waals surface area contributed by atoms with Crippen molar-refractivity contribution in [2.75, 3.05) is 0 Å². The summed E-state index contributed by atoms with van der Waals surface area (Å²) in [5.41, 5.74) is 5.44. The summed E-state index contributed by atoms with van der Waals surface area (Å²) in [6.07, 6.45) is 2.79. The second-order valence-corrected chi connectivity index (χ2v) is 5.46. The Balaban J connectivity index is 2.15. The molecule has 0 radical (unpaired) electrons. The van der Waals surface area contributed by atoms with Crippen molar-refractivity contribution in [1.82, 2.24) is 10.4 Å². The van der Waals surface area contributed by atoms with Gasteiger partial charge in [0.25, 0.3) is 0 Å². The van der Waals surface area contributed by atoms with Gasteiger partial charge in [-0.05, 0) is 25.8 Å². The molecule has 2 aromatic rings. The number of nitrogens with zero attached hydrogens (tertiary/aromatic N) is 1. The summed E-state index contributed by atoms with van der Waals surface area (Å²) in [6, 6.07) is 8.65. The van der Waals surface area contributed by atoms with Gasteiger partial charge in [0.05, 0.1) is 11.0 Å². The minimum atomic E-state index is 0.142. The van der Waals surface area contributed by atoms with E-state index in [-0.39, 0.29) is 6.04 Å². The Kier molecular flexibility index (Phi) is 3.89. The van der Waals surface area contributed by atoms with E-state index in [0.717, 1.165) is 11.4 Å². The topological polar surface area (TPSA) is 50.9 Å². The van der Waals surface area contributed by atoms with E-state index < -0.39 is 0 Å². The van der Waals surface area contributed by atoms with Crippen molar-refractivity contribution in [3.8, 4) is 0 Å². The van der Waals surface area contributed by atoms with Crippen LogP contribution in [0.25, 0.3) is 0 Å². The molecule has 0 saturated heterocycles. The van der Waals surface area contributed by atoms with Crippen molar-refractivity contribution in [3.63, 3.8) is 0 Å². The van der Waals surface area contributed by atoms with Gasteiger partial charge in [-0.15, -0.1) is 11.3 Å². The number of aromatic nitrogens is 1. The molecule has 1 aromatic heterocycles. The fourth-order valence-corrected chi connectivity index (χ4v) is 2.70. The number of hydrogen-bond acceptors (Lipinski definition) is 4. The Morgan fingerprint density at radius 3 is 2.82 bits per heavy atom. The Morgan fingerprint density at radius 1 is 1.41 bits per heavy atom. The lowest BCUT2D eigenvalue weighted by Gasteiger charge is -2.14. The number of thiazole rings is 1. The second-order valence-electron chi connectivity index (χ2n) is 4.19. The predicted octanol–water partition coefficient (Wildman–Crippen LogP) is 2.51. The summed E-state index contributed by atoms with van der Waals surface area (Å²) < 4.78 is 0. The summed E-state index contributed by atoms with van der Waals surface area (Å²) in [6.45, 7) is 4.11. The van der Waals surface area contributed by atoms with Gasteiger partial charge in [-0.2, -0.15) is 0 Å². The largest absolute Gasteiger partial charge is 0.271 e. The molecule has 3 nitrogen and oxygen atoms in total. The van der Waals surface area contributed by atoms with Crippen LogP contribution in [0.4, 0.5) is 0 Å². The van der Waals surface area contributed by atoms with E-state index in [1.807, 2.05) is 13.1 Å². The van der Waals surface area contributed by atoms with Crippen LogP contribution in [0.1, 0.15) is 27.1 Å². The molecule has 3 N–H and O–H groups in total. The number of hydrogen-bond donors (Lipinski definition) is 2. The molecule has 0 aliphatic rings. The number of nitrogens with two attached hydrogens (primary N) is 1. The molecule has 90 valence electrons. The summed E-state index contributed by atoms with van der Waals surface area (Å²) in [4.78, 5) is 5.45. The maximum atomic E-state index is 5.63. The minimum Gasteiger partial charge on any atom is -0.271 e. The standard InChI is InChI=1S/C13H17N3S/c1-9-4-3-5-11(6-9)7-12(16-14)13-8-15-10(2)17-13/h3-6,8,12,16H,7,14H2,1-2H3. The van der Waals surface area contributed by atoms with E-state index in [1.54, 1.807) is 11.3 Å².